The summed E-state index contributed by atoms with van der Waals surface area (Å²) in [5, 5.41) is 3.79. The number of nitrogens with zero attached hydrogens (tertiary/aromatic N) is 2. The Morgan fingerprint density at radius 1 is 1.56 bits per heavy atom. The fraction of sp³-hybridized carbons (Fsp3) is 0.600. The van der Waals surface area contributed by atoms with Gasteiger partial charge in [-0.3, -0.25) is 0 Å². The zero-order valence-electron chi connectivity index (χ0n) is 8.96. The van der Waals surface area contributed by atoms with Gasteiger partial charge < -0.3 is 10.1 Å². The molecule has 2 rings (SSSR count). The van der Waals surface area contributed by atoms with E-state index in [0.29, 0.717) is 17.4 Å². The number of nitrogens with one attached hydrogen (secondary N) is 1. The third-order valence-electron chi connectivity index (χ3n) is 2.64. The van der Waals surface area contributed by atoms with Gasteiger partial charge in [0, 0.05) is 13.2 Å². The fourth-order valence-electron chi connectivity index (χ4n) is 1.72. The van der Waals surface area contributed by atoms with Gasteiger partial charge >= 0.3 is 0 Å². The summed E-state index contributed by atoms with van der Waals surface area (Å²) in [4.78, 5) is 7.81. The number of hydrogen-bond acceptors (Lipinski definition) is 4. The Hall–Kier alpha value is -0.580. The van der Waals surface area contributed by atoms with E-state index in [1.807, 2.05) is 0 Å². The second-order valence-corrected chi connectivity index (χ2v) is 4.84. The molecule has 0 radical (unpaired) electrons. The van der Waals surface area contributed by atoms with Crippen molar-refractivity contribution >= 4 is 29.0 Å². The fourth-order valence-corrected chi connectivity index (χ4v) is 2.01. The highest BCUT2D eigenvalue weighted by atomic mass is 35.5. The second kappa shape index (κ2) is 4.73. The highest BCUT2D eigenvalue weighted by Crippen LogP contribution is 2.26. The first kappa shape index (κ1) is 11.9. The number of hydrogen-bond donors (Lipinski definition) is 1. The van der Waals surface area contributed by atoms with E-state index in [2.05, 4.69) is 22.2 Å². The zero-order valence-corrected chi connectivity index (χ0v) is 10.5. The van der Waals surface area contributed by atoms with Gasteiger partial charge in [-0.15, -0.1) is 0 Å². The van der Waals surface area contributed by atoms with Crippen LogP contribution in [-0.4, -0.2) is 28.7 Å². The highest BCUT2D eigenvalue weighted by Gasteiger charge is 2.29. The molecule has 16 heavy (non-hydrogen) atoms. The number of aromatic nitrogens is 2. The average Bonchev–Trinajstić information content (AvgIpc) is 2.67. The monoisotopic (exact) mass is 261 g/mol. The van der Waals surface area contributed by atoms with Gasteiger partial charge in [-0.05, 0) is 31.4 Å². The van der Waals surface area contributed by atoms with Crippen molar-refractivity contribution in [3.63, 3.8) is 0 Å². The third kappa shape index (κ3) is 2.75. The SMILES string of the molecule is CC1(CNc2nc(Cl)ncc2Cl)CCCO1. The molecule has 1 aliphatic heterocycles. The maximum absolute atomic E-state index is 5.94. The molecule has 1 saturated heterocycles. The molecule has 88 valence electrons. The highest BCUT2D eigenvalue weighted by molar-refractivity contribution is 6.33. The van der Waals surface area contributed by atoms with Crippen LogP contribution in [0.5, 0.6) is 0 Å². The second-order valence-electron chi connectivity index (χ2n) is 4.09. The van der Waals surface area contributed by atoms with Gasteiger partial charge in [0.1, 0.15) is 10.8 Å². The van der Waals surface area contributed by atoms with E-state index in [1.165, 1.54) is 6.20 Å². The van der Waals surface area contributed by atoms with Crippen LogP contribution >= 0.6 is 23.2 Å². The minimum Gasteiger partial charge on any atom is -0.373 e. The molecule has 2 heterocycles. The van der Waals surface area contributed by atoms with Gasteiger partial charge in [-0.1, -0.05) is 11.6 Å². The summed E-state index contributed by atoms with van der Waals surface area (Å²) in [7, 11) is 0. The molecule has 1 N–H and O–H groups in total. The molecular formula is C10H13Cl2N3O. The predicted molar refractivity (Wildman–Crippen MR) is 64.1 cm³/mol. The normalized spacial score (nSPS) is 24.7. The summed E-state index contributed by atoms with van der Waals surface area (Å²) in [6, 6.07) is 0. The van der Waals surface area contributed by atoms with E-state index in [1.54, 1.807) is 0 Å². The molecule has 1 atom stereocenters. The lowest BCUT2D eigenvalue weighted by Gasteiger charge is -2.23. The van der Waals surface area contributed by atoms with Gasteiger partial charge in [0.2, 0.25) is 5.28 Å². The van der Waals surface area contributed by atoms with Gasteiger partial charge in [-0.25, -0.2) is 4.98 Å². The van der Waals surface area contributed by atoms with Crippen LogP contribution in [0.3, 0.4) is 0 Å². The molecule has 0 spiro atoms. The summed E-state index contributed by atoms with van der Waals surface area (Å²) < 4.78 is 5.65. The molecule has 0 bridgehead atoms. The standard InChI is InChI=1S/C10H13Cl2N3O/c1-10(3-2-4-16-10)6-14-8-7(11)5-13-9(12)15-8/h5H,2-4,6H2,1H3,(H,13,14,15). The molecule has 1 aromatic rings. The Labute approximate surface area is 104 Å². The molecule has 1 fully saturated rings. The maximum Gasteiger partial charge on any atom is 0.224 e. The van der Waals surface area contributed by atoms with Crippen molar-refractivity contribution in [1.29, 1.82) is 0 Å². The first-order chi connectivity index (χ1) is 7.59. The summed E-state index contributed by atoms with van der Waals surface area (Å²) >= 11 is 11.6. The Morgan fingerprint density at radius 2 is 2.38 bits per heavy atom. The third-order valence-corrected chi connectivity index (χ3v) is 3.10. The number of rotatable bonds is 3. The van der Waals surface area contributed by atoms with Crippen molar-refractivity contribution in [3.8, 4) is 0 Å². The van der Waals surface area contributed by atoms with Gasteiger partial charge in [-0.2, -0.15) is 4.98 Å². The minimum atomic E-state index is -0.138. The van der Waals surface area contributed by atoms with Crippen LogP contribution < -0.4 is 5.32 Å². The molecule has 1 unspecified atom stereocenters. The number of ether oxygens (including phenoxy) is 1. The predicted octanol–water partition coefficient (Wildman–Crippen LogP) is 2.76. The summed E-state index contributed by atoms with van der Waals surface area (Å²) in [5.74, 6) is 0.554. The van der Waals surface area contributed by atoms with E-state index in [9.17, 15) is 0 Å². The lowest BCUT2D eigenvalue weighted by atomic mass is 10.0. The molecular weight excluding hydrogens is 249 g/mol. The van der Waals surface area contributed by atoms with Crippen LogP contribution in [0.1, 0.15) is 19.8 Å². The summed E-state index contributed by atoms with van der Waals surface area (Å²) in [5.41, 5.74) is -0.138. The molecule has 6 heteroatoms. The van der Waals surface area contributed by atoms with Gasteiger partial charge in [0.15, 0.2) is 0 Å². The maximum atomic E-state index is 5.94. The van der Waals surface area contributed by atoms with Crippen LogP contribution in [0, 0.1) is 0 Å². The average molecular weight is 262 g/mol. The zero-order chi connectivity index (χ0) is 11.6. The van der Waals surface area contributed by atoms with Crippen LogP contribution in [0.2, 0.25) is 10.3 Å². The lowest BCUT2D eigenvalue weighted by Crippen LogP contribution is -2.32. The largest absolute Gasteiger partial charge is 0.373 e. The topological polar surface area (TPSA) is 47.0 Å². The summed E-state index contributed by atoms with van der Waals surface area (Å²) in [6.07, 6.45) is 3.62. The van der Waals surface area contributed by atoms with Crippen LogP contribution in [0.25, 0.3) is 0 Å². The Bertz CT molecular complexity index is 380. The Balaban J connectivity index is 2.01. The Kier molecular flexibility index (Phi) is 3.52. The van der Waals surface area contributed by atoms with Gasteiger partial charge in [0.25, 0.3) is 0 Å². The quantitative estimate of drug-likeness (QED) is 0.851. The molecule has 1 aromatic heterocycles. The number of anilines is 1. The van der Waals surface area contributed by atoms with Crippen LogP contribution in [0.4, 0.5) is 5.82 Å². The van der Waals surface area contributed by atoms with Crippen molar-refractivity contribution < 1.29 is 4.74 Å². The molecule has 1 aliphatic rings. The molecule has 0 aliphatic carbocycles. The van der Waals surface area contributed by atoms with Crippen molar-refractivity contribution in [2.75, 3.05) is 18.5 Å². The molecule has 0 saturated carbocycles. The van der Waals surface area contributed by atoms with E-state index >= 15 is 0 Å². The molecule has 4 nitrogen and oxygen atoms in total. The minimum absolute atomic E-state index is 0.138. The molecule has 0 amide bonds. The van der Waals surface area contributed by atoms with Crippen LogP contribution in [0.15, 0.2) is 6.20 Å². The van der Waals surface area contributed by atoms with Crippen LogP contribution in [-0.2, 0) is 4.74 Å². The smallest absolute Gasteiger partial charge is 0.224 e. The van der Waals surface area contributed by atoms with E-state index in [0.717, 1.165) is 19.4 Å². The first-order valence-electron chi connectivity index (χ1n) is 5.15. The van der Waals surface area contributed by atoms with E-state index in [4.69, 9.17) is 27.9 Å². The summed E-state index contributed by atoms with van der Waals surface area (Å²) in [6.45, 7) is 3.56. The Morgan fingerprint density at radius 3 is 3.06 bits per heavy atom. The van der Waals surface area contributed by atoms with Crippen molar-refractivity contribution in [2.24, 2.45) is 0 Å². The van der Waals surface area contributed by atoms with Crippen molar-refractivity contribution in [2.45, 2.75) is 25.4 Å². The van der Waals surface area contributed by atoms with Crippen molar-refractivity contribution in [3.05, 3.63) is 16.5 Å². The lowest BCUT2D eigenvalue weighted by molar-refractivity contribution is 0.0315. The van der Waals surface area contributed by atoms with Crippen molar-refractivity contribution in [1.82, 2.24) is 9.97 Å². The number of halogens is 2. The van der Waals surface area contributed by atoms with E-state index in [-0.39, 0.29) is 10.9 Å². The molecule has 0 aromatic carbocycles. The van der Waals surface area contributed by atoms with Gasteiger partial charge in [0.05, 0.1) is 11.8 Å². The van der Waals surface area contributed by atoms with E-state index < -0.39 is 0 Å². The first-order valence-corrected chi connectivity index (χ1v) is 5.91.